The molecule has 1 N–H and O–H groups in total. The summed E-state index contributed by atoms with van der Waals surface area (Å²) >= 11 is 5.89. The highest BCUT2D eigenvalue weighted by Crippen LogP contribution is 2.19. The third kappa shape index (κ3) is 5.22. The number of hydrogen-bond acceptors (Lipinski definition) is 5. The van der Waals surface area contributed by atoms with E-state index in [1.165, 1.54) is 24.8 Å². The molecule has 1 amide bonds. The predicted molar refractivity (Wildman–Crippen MR) is 111 cm³/mol. The van der Waals surface area contributed by atoms with E-state index in [1.807, 2.05) is 36.4 Å². The molecule has 6 nitrogen and oxygen atoms in total. The molecule has 0 radical (unpaired) electrons. The normalized spacial score (nSPS) is 14.7. The average Bonchev–Trinajstić information content (AvgIpc) is 3.23. The molecule has 0 aliphatic carbocycles. The topological polar surface area (TPSA) is 71.3 Å². The van der Waals surface area contributed by atoms with Crippen LogP contribution in [-0.2, 0) is 13.1 Å². The molecule has 1 aliphatic heterocycles. The number of halogens is 1. The molecule has 0 spiro atoms. The minimum atomic E-state index is -0.166. The molecular weight excluding hydrogens is 388 g/mol. The van der Waals surface area contributed by atoms with Gasteiger partial charge in [-0.15, -0.1) is 0 Å². The summed E-state index contributed by atoms with van der Waals surface area (Å²) < 4.78 is 5.22. The molecule has 1 fully saturated rings. The Kier molecular flexibility index (Phi) is 6.22. The summed E-state index contributed by atoms with van der Waals surface area (Å²) in [5.74, 6) is 0.652. The first-order valence-electron chi connectivity index (χ1n) is 9.85. The van der Waals surface area contributed by atoms with Gasteiger partial charge in [-0.05, 0) is 67.9 Å². The number of hydrogen-bond donors (Lipinski definition) is 1. The lowest BCUT2D eigenvalue weighted by atomic mass is 10.1. The maximum Gasteiger partial charge on any atom is 0.251 e. The van der Waals surface area contributed by atoms with Gasteiger partial charge in [-0.1, -0.05) is 35.3 Å². The molecule has 1 aliphatic rings. The summed E-state index contributed by atoms with van der Waals surface area (Å²) in [6, 6.07) is 14.9. The fraction of sp³-hybridized carbons (Fsp3) is 0.318. The third-order valence-corrected chi connectivity index (χ3v) is 5.29. The Hall–Kier alpha value is -2.70. The van der Waals surface area contributed by atoms with Crippen LogP contribution in [0.25, 0.3) is 11.4 Å². The summed E-state index contributed by atoms with van der Waals surface area (Å²) in [6.45, 7) is 3.43. The Balaban J connectivity index is 1.31. The molecule has 150 valence electrons. The highest BCUT2D eigenvalue weighted by molar-refractivity contribution is 6.30. The zero-order valence-corrected chi connectivity index (χ0v) is 16.9. The van der Waals surface area contributed by atoms with Gasteiger partial charge in [0.15, 0.2) is 0 Å². The zero-order valence-electron chi connectivity index (χ0n) is 16.1. The molecule has 1 saturated heterocycles. The van der Waals surface area contributed by atoms with Gasteiger partial charge < -0.3 is 9.84 Å². The number of amides is 1. The van der Waals surface area contributed by atoms with E-state index in [1.54, 1.807) is 12.1 Å². The summed E-state index contributed by atoms with van der Waals surface area (Å²) in [6.07, 6.45) is 3.88. The van der Waals surface area contributed by atoms with Crippen molar-refractivity contribution in [2.45, 2.75) is 32.4 Å². The van der Waals surface area contributed by atoms with Crippen LogP contribution in [0.15, 0.2) is 53.1 Å². The van der Waals surface area contributed by atoms with E-state index in [0.717, 1.165) is 25.2 Å². The van der Waals surface area contributed by atoms with Crippen molar-refractivity contribution in [1.82, 2.24) is 20.4 Å². The van der Waals surface area contributed by atoms with Crippen molar-refractivity contribution in [3.8, 4) is 11.4 Å². The van der Waals surface area contributed by atoms with Gasteiger partial charge >= 0.3 is 0 Å². The lowest BCUT2D eigenvalue weighted by Crippen LogP contribution is -2.29. The largest absolute Gasteiger partial charge is 0.343 e. The van der Waals surface area contributed by atoms with E-state index in [9.17, 15) is 4.79 Å². The molecule has 7 heteroatoms. The fourth-order valence-electron chi connectivity index (χ4n) is 3.44. The number of piperidine rings is 1. The number of nitrogens with one attached hydrogen (secondary N) is 1. The summed E-state index contributed by atoms with van der Waals surface area (Å²) in [5.41, 5.74) is 2.65. The Labute approximate surface area is 174 Å². The number of likely N-dealkylation sites (tertiary alicyclic amines) is 1. The molecule has 0 saturated carbocycles. The Morgan fingerprint density at radius 2 is 1.76 bits per heavy atom. The Morgan fingerprint density at radius 3 is 2.48 bits per heavy atom. The predicted octanol–water partition coefficient (Wildman–Crippen LogP) is 4.31. The molecule has 4 rings (SSSR count). The quantitative estimate of drug-likeness (QED) is 0.655. The number of nitrogens with zero attached hydrogens (tertiary/aromatic N) is 3. The van der Waals surface area contributed by atoms with E-state index >= 15 is 0 Å². The second-order valence-electron chi connectivity index (χ2n) is 7.24. The lowest BCUT2D eigenvalue weighted by molar-refractivity contribution is 0.0946. The smallest absolute Gasteiger partial charge is 0.251 e. The molecule has 3 aromatic rings. The first-order valence-corrected chi connectivity index (χ1v) is 10.2. The van der Waals surface area contributed by atoms with Crippen molar-refractivity contribution in [1.29, 1.82) is 0 Å². The first-order chi connectivity index (χ1) is 14.2. The number of carbonyl (C=O) groups excluding carboxylic acids is 1. The van der Waals surface area contributed by atoms with Crippen LogP contribution in [-0.4, -0.2) is 34.0 Å². The van der Waals surface area contributed by atoms with Gasteiger partial charge in [-0.25, -0.2) is 0 Å². The summed E-state index contributed by atoms with van der Waals surface area (Å²) in [4.78, 5) is 19.2. The third-order valence-electron chi connectivity index (χ3n) is 5.04. The average molecular weight is 411 g/mol. The molecular formula is C22H23ClN4O2. The Morgan fingerprint density at radius 1 is 1.03 bits per heavy atom. The van der Waals surface area contributed by atoms with Gasteiger partial charge in [0.25, 0.3) is 5.91 Å². The summed E-state index contributed by atoms with van der Waals surface area (Å²) in [5, 5.41) is 7.42. The molecule has 0 bridgehead atoms. The van der Waals surface area contributed by atoms with Crippen LogP contribution in [0.2, 0.25) is 5.02 Å². The van der Waals surface area contributed by atoms with E-state index in [2.05, 4.69) is 20.4 Å². The zero-order chi connectivity index (χ0) is 20.1. The van der Waals surface area contributed by atoms with Crippen LogP contribution in [0, 0.1) is 0 Å². The van der Waals surface area contributed by atoms with Crippen LogP contribution in [0.5, 0.6) is 0 Å². The minimum Gasteiger partial charge on any atom is -0.343 e. The molecule has 1 aromatic heterocycles. The monoisotopic (exact) mass is 410 g/mol. The highest BCUT2D eigenvalue weighted by atomic mass is 35.5. The highest BCUT2D eigenvalue weighted by Gasteiger charge is 2.13. The first kappa shape index (κ1) is 19.6. The van der Waals surface area contributed by atoms with E-state index in [0.29, 0.717) is 22.3 Å². The van der Waals surface area contributed by atoms with Crippen LogP contribution < -0.4 is 5.32 Å². The maximum absolute atomic E-state index is 12.4. The number of benzene rings is 2. The van der Waals surface area contributed by atoms with Crippen LogP contribution in [0.1, 0.15) is 41.1 Å². The van der Waals surface area contributed by atoms with Crippen LogP contribution in [0.3, 0.4) is 0 Å². The number of rotatable bonds is 6. The standard InChI is InChI=1S/C22H23ClN4O2/c23-19-10-8-17(9-11-19)21-25-20(29-26-21)14-24-22(28)18-6-4-16(5-7-18)15-27-12-2-1-3-13-27/h4-11H,1-3,12-15H2,(H,24,28). The fourth-order valence-corrected chi connectivity index (χ4v) is 3.56. The van der Waals surface area contributed by atoms with Crippen molar-refractivity contribution in [3.05, 3.63) is 70.6 Å². The molecule has 2 heterocycles. The molecule has 0 unspecified atom stereocenters. The van der Waals surface area contributed by atoms with E-state index in [4.69, 9.17) is 16.1 Å². The van der Waals surface area contributed by atoms with Gasteiger partial charge in [0, 0.05) is 22.7 Å². The number of carbonyl (C=O) groups is 1. The van der Waals surface area contributed by atoms with Crippen molar-refractivity contribution >= 4 is 17.5 Å². The molecule has 29 heavy (non-hydrogen) atoms. The van der Waals surface area contributed by atoms with Crippen LogP contribution in [0.4, 0.5) is 0 Å². The van der Waals surface area contributed by atoms with Crippen LogP contribution >= 0.6 is 11.6 Å². The maximum atomic E-state index is 12.4. The van der Waals surface area contributed by atoms with Gasteiger partial charge in [0.05, 0.1) is 6.54 Å². The number of aromatic nitrogens is 2. The summed E-state index contributed by atoms with van der Waals surface area (Å²) in [7, 11) is 0. The molecule has 2 aromatic carbocycles. The van der Waals surface area contributed by atoms with E-state index in [-0.39, 0.29) is 12.5 Å². The van der Waals surface area contributed by atoms with Crippen molar-refractivity contribution < 1.29 is 9.32 Å². The van der Waals surface area contributed by atoms with Crippen molar-refractivity contribution in [2.24, 2.45) is 0 Å². The van der Waals surface area contributed by atoms with Crippen molar-refractivity contribution in [3.63, 3.8) is 0 Å². The van der Waals surface area contributed by atoms with Gasteiger partial charge in [0.2, 0.25) is 11.7 Å². The van der Waals surface area contributed by atoms with Gasteiger partial charge in [-0.2, -0.15) is 4.98 Å². The minimum absolute atomic E-state index is 0.166. The van der Waals surface area contributed by atoms with E-state index < -0.39 is 0 Å². The van der Waals surface area contributed by atoms with Gasteiger partial charge in [-0.3, -0.25) is 9.69 Å². The van der Waals surface area contributed by atoms with Gasteiger partial charge in [0.1, 0.15) is 0 Å². The second-order valence-corrected chi connectivity index (χ2v) is 7.67. The lowest BCUT2D eigenvalue weighted by Gasteiger charge is -2.26. The SMILES string of the molecule is O=C(NCc1nc(-c2ccc(Cl)cc2)no1)c1ccc(CN2CCCCC2)cc1. The van der Waals surface area contributed by atoms with Crippen molar-refractivity contribution in [2.75, 3.05) is 13.1 Å². The Bertz CT molecular complexity index is 948. The molecule has 0 atom stereocenters. The second kappa shape index (κ2) is 9.20.